The molecule has 0 heterocycles. The zero-order valence-corrected chi connectivity index (χ0v) is 14.5. The minimum Gasteiger partial charge on any atom is -0.497 e. The monoisotopic (exact) mass is 364 g/mol. The number of benzene rings is 2. The van der Waals surface area contributed by atoms with E-state index in [1.165, 1.54) is 32.4 Å². The molecule has 1 amide bonds. The zero-order chi connectivity index (χ0) is 18.9. The maximum atomic E-state index is 13.3. The summed E-state index contributed by atoms with van der Waals surface area (Å²) < 4.78 is 28.9. The average molecular weight is 364 g/mol. The molecule has 7 nitrogen and oxygen atoms in total. The van der Waals surface area contributed by atoms with Gasteiger partial charge in [0.05, 0.1) is 33.1 Å². The summed E-state index contributed by atoms with van der Waals surface area (Å²) in [7, 11) is 3.04. The quantitative estimate of drug-likeness (QED) is 0.633. The standard InChI is InChI=1S/C18H21FN2O5/c1-24-14-8-13(9-15(10-14)25-2)21-18(23)11-20-16-4-3-12(19)7-17(16)26-6-5-22/h3-4,7-10,20,22H,5-6,11H2,1-2H3,(H,21,23). The highest BCUT2D eigenvalue weighted by molar-refractivity contribution is 5.94. The maximum Gasteiger partial charge on any atom is 0.243 e. The molecule has 0 bridgehead atoms. The molecule has 0 aliphatic rings. The first-order valence-corrected chi connectivity index (χ1v) is 7.85. The summed E-state index contributed by atoms with van der Waals surface area (Å²) in [6, 6.07) is 8.91. The van der Waals surface area contributed by atoms with Crippen LogP contribution in [-0.4, -0.2) is 45.0 Å². The second-order valence-corrected chi connectivity index (χ2v) is 5.22. The van der Waals surface area contributed by atoms with E-state index in [0.29, 0.717) is 22.9 Å². The number of amides is 1. The van der Waals surface area contributed by atoms with Crippen LogP contribution in [0.1, 0.15) is 0 Å². The van der Waals surface area contributed by atoms with Crippen LogP contribution in [0.5, 0.6) is 17.2 Å². The Hall–Kier alpha value is -3.00. The van der Waals surface area contributed by atoms with E-state index in [2.05, 4.69) is 10.6 Å². The predicted octanol–water partition coefficient (Wildman–Crippen LogP) is 2.26. The van der Waals surface area contributed by atoms with Gasteiger partial charge >= 0.3 is 0 Å². The van der Waals surface area contributed by atoms with Gasteiger partial charge in [0.25, 0.3) is 0 Å². The highest BCUT2D eigenvalue weighted by Crippen LogP contribution is 2.27. The number of hydrogen-bond acceptors (Lipinski definition) is 6. The number of nitrogens with one attached hydrogen (secondary N) is 2. The Morgan fingerprint density at radius 1 is 1.12 bits per heavy atom. The Labute approximate surface area is 150 Å². The van der Waals surface area contributed by atoms with Crippen molar-refractivity contribution in [2.75, 3.05) is 44.6 Å². The van der Waals surface area contributed by atoms with E-state index >= 15 is 0 Å². The van der Waals surface area contributed by atoms with Crippen LogP contribution in [0.3, 0.4) is 0 Å². The highest BCUT2D eigenvalue weighted by Gasteiger charge is 2.09. The maximum absolute atomic E-state index is 13.3. The number of aliphatic hydroxyl groups is 1. The summed E-state index contributed by atoms with van der Waals surface area (Å²) in [5, 5.41) is 14.4. The van der Waals surface area contributed by atoms with Crippen molar-refractivity contribution >= 4 is 17.3 Å². The molecule has 26 heavy (non-hydrogen) atoms. The summed E-state index contributed by atoms with van der Waals surface area (Å²) in [6.45, 7) is -0.247. The lowest BCUT2D eigenvalue weighted by Crippen LogP contribution is -2.22. The minimum absolute atomic E-state index is 0.0218. The Bertz CT molecular complexity index is 732. The largest absolute Gasteiger partial charge is 0.497 e. The zero-order valence-electron chi connectivity index (χ0n) is 14.5. The summed E-state index contributed by atoms with van der Waals surface area (Å²) in [4.78, 5) is 12.2. The lowest BCUT2D eigenvalue weighted by atomic mass is 10.2. The Morgan fingerprint density at radius 3 is 2.42 bits per heavy atom. The number of carbonyl (C=O) groups excluding carboxylic acids is 1. The molecular weight excluding hydrogens is 343 g/mol. The van der Waals surface area contributed by atoms with E-state index in [9.17, 15) is 9.18 Å². The fraction of sp³-hybridized carbons (Fsp3) is 0.278. The van der Waals surface area contributed by atoms with Crippen LogP contribution in [-0.2, 0) is 4.79 Å². The molecule has 0 fully saturated rings. The van der Waals surface area contributed by atoms with Gasteiger partial charge in [0.1, 0.15) is 29.7 Å². The normalized spacial score (nSPS) is 10.2. The van der Waals surface area contributed by atoms with Crippen molar-refractivity contribution < 1.29 is 28.5 Å². The van der Waals surface area contributed by atoms with Crippen LogP contribution >= 0.6 is 0 Å². The molecule has 3 N–H and O–H groups in total. The number of hydrogen-bond donors (Lipinski definition) is 3. The van der Waals surface area contributed by atoms with Crippen molar-refractivity contribution in [3.05, 3.63) is 42.2 Å². The molecule has 0 aliphatic heterocycles. The van der Waals surface area contributed by atoms with Crippen LogP contribution in [0.15, 0.2) is 36.4 Å². The third-order valence-electron chi connectivity index (χ3n) is 3.37. The molecule has 0 aromatic heterocycles. The van der Waals surface area contributed by atoms with Gasteiger partial charge < -0.3 is 30.0 Å². The van der Waals surface area contributed by atoms with Gasteiger partial charge in [-0.05, 0) is 12.1 Å². The van der Waals surface area contributed by atoms with Crippen molar-refractivity contribution in [2.24, 2.45) is 0 Å². The predicted molar refractivity (Wildman–Crippen MR) is 95.6 cm³/mol. The second kappa shape index (κ2) is 9.47. The molecule has 8 heteroatoms. The van der Waals surface area contributed by atoms with E-state index in [4.69, 9.17) is 19.3 Å². The van der Waals surface area contributed by atoms with Gasteiger partial charge in [0.15, 0.2) is 0 Å². The molecular formula is C18H21FN2O5. The van der Waals surface area contributed by atoms with Crippen LogP contribution in [0, 0.1) is 5.82 Å². The smallest absolute Gasteiger partial charge is 0.243 e. The van der Waals surface area contributed by atoms with Gasteiger partial charge in [-0.1, -0.05) is 0 Å². The first-order chi connectivity index (χ1) is 12.5. The molecule has 2 aromatic carbocycles. The lowest BCUT2D eigenvalue weighted by Gasteiger charge is -2.13. The second-order valence-electron chi connectivity index (χ2n) is 5.22. The number of halogens is 1. The van der Waals surface area contributed by atoms with Gasteiger partial charge in [-0.15, -0.1) is 0 Å². The van der Waals surface area contributed by atoms with E-state index < -0.39 is 5.82 Å². The number of ether oxygens (including phenoxy) is 3. The van der Waals surface area contributed by atoms with Crippen molar-refractivity contribution in [1.82, 2.24) is 0 Å². The van der Waals surface area contributed by atoms with E-state index in [0.717, 1.165) is 0 Å². The van der Waals surface area contributed by atoms with Gasteiger partial charge in [-0.3, -0.25) is 4.79 Å². The Kier molecular flexibility index (Phi) is 7.04. The minimum atomic E-state index is -0.476. The van der Waals surface area contributed by atoms with Crippen LogP contribution < -0.4 is 24.8 Å². The Balaban J connectivity index is 2.01. The van der Waals surface area contributed by atoms with Crippen LogP contribution in [0.4, 0.5) is 15.8 Å². The van der Waals surface area contributed by atoms with E-state index in [-0.39, 0.29) is 31.4 Å². The SMILES string of the molecule is COc1cc(NC(=O)CNc2ccc(F)cc2OCCO)cc(OC)c1. The fourth-order valence-electron chi connectivity index (χ4n) is 2.18. The van der Waals surface area contributed by atoms with Crippen LogP contribution in [0.2, 0.25) is 0 Å². The van der Waals surface area contributed by atoms with Crippen molar-refractivity contribution in [2.45, 2.75) is 0 Å². The molecule has 0 saturated heterocycles. The summed E-state index contributed by atoms with van der Waals surface area (Å²) in [5.41, 5.74) is 0.960. The third kappa shape index (κ3) is 5.52. The molecule has 0 aliphatic carbocycles. The molecule has 0 atom stereocenters. The van der Waals surface area contributed by atoms with E-state index in [1.54, 1.807) is 18.2 Å². The number of aliphatic hydroxyl groups excluding tert-OH is 1. The molecule has 140 valence electrons. The topological polar surface area (TPSA) is 89.1 Å². The number of rotatable bonds is 9. The summed E-state index contributed by atoms with van der Waals surface area (Å²) >= 11 is 0. The first-order valence-electron chi connectivity index (χ1n) is 7.85. The average Bonchev–Trinajstić information content (AvgIpc) is 2.65. The molecule has 0 saturated carbocycles. The fourth-order valence-corrected chi connectivity index (χ4v) is 2.18. The molecule has 0 unspecified atom stereocenters. The Morgan fingerprint density at radius 2 is 1.81 bits per heavy atom. The van der Waals surface area contributed by atoms with Gasteiger partial charge in [-0.2, -0.15) is 0 Å². The highest BCUT2D eigenvalue weighted by atomic mass is 19.1. The molecule has 0 spiro atoms. The summed E-state index contributed by atoms with van der Waals surface area (Å²) in [6.07, 6.45) is 0. The number of anilines is 2. The van der Waals surface area contributed by atoms with Crippen molar-refractivity contribution in [3.8, 4) is 17.2 Å². The third-order valence-corrected chi connectivity index (χ3v) is 3.37. The van der Waals surface area contributed by atoms with Crippen molar-refractivity contribution in [3.63, 3.8) is 0 Å². The van der Waals surface area contributed by atoms with Crippen LogP contribution in [0.25, 0.3) is 0 Å². The van der Waals surface area contributed by atoms with Gasteiger partial charge in [0.2, 0.25) is 5.91 Å². The first kappa shape index (κ1) is 19.3. The van der Waals surface area contributed by atoms with Gasteiger partial charge in [-0.25, -0.2) is 4.39 Å². The van der Waals surface area contributed by atoms with Gasteiger partial charge in [0, 0.05) is 30.0 Å². The molecule has 2 aromatic rings. The summed E-state index contributed by atoms with van der Waals surface area (Å²) in [5.74, 6) is 0.515. The number of carbonyl (C=O) groups is 1. The number of methoxy groups -OCH3 is 2. The van der Waals surface area contributed by atoms with E-state index in [1.807, 2.05) is 0 Å². The van der Waals surface area contributed by atoms with Crippen molar-refractivity contribution in [1.29, 1.82) is 0 Å². The molecule has 2 rings (SSSR count). The molecule has 0 radical (unpaired) electrons. The lowest BCUT2D eigenvalue weighted by molar-refractivity contribution is -0.114.